The van der Waals surface area contributed by atoms with E-state index in [1.807, 2.05) is 0 Å². The molecular weight excluding hydrogens is 228 g/mol. The van der Waals surface area contributed by atoms with Crippen LogP contribution in [0, 0.1) is 0 Å². The number of aromatic nitrogens is 3. The predicted octanol–water partition coefficient (Wildman–Crippen LogP) is 0.969. The second kappa shape index (κ2) is 4.23. The smallest absolute Gasteiger partial charge is 0.343 e. The first-order valence-corrected chi connectivity index (χ1v) is 5.26. The van der Waals surface area contributed by atoms with E-state index in [0.717, 1.165) is 0 Å². The van der Waals surface area contributed by atoms with Crippen molar-refractivity contribution in [2.45, 2.75) is 0 Å². The van der Waals surface area contributed by atoms with Crippen LogP contribution >= 0.6 is 11.3 Å². The van der Waals surface area contributed by atoms with Gasteiger partial charge in [-0.2, -0.15) is 0 Å². The molecule has 0 radical (unpaired) electrons. The molecule has 16 heavy (non-hydrogen) atoms. The molecule has 6 nitrogen and oxygen atoms in total. The number of methoxy groups -OCH3 is 1. The minimum atomic E-state index is -0.553. The molecule has 2 aromatic rings. The summed E-state index contributed by atoms with van der Waals surface area (Å²) in [6.07, 6.45) is 1.34. The van der Waals surface area contributed by atoms with E-state index in [4.69, 9.17) is 5.73 Å². The van der Waals surface area contributed by atoms with Crippen LogP contribution in [0.4, 0.5) is 5.82 Å². The number of hydrogen-bond donors (Lipinski definition) is 1. The quantitative estimate of drug-likeness (QED) is 0.781. The molecule has 0 aromatic carbocycles. The average Bonchev–Trinajstić information content (AvgIpc) is 2.81. The van der Waals surface area contributed by atoms with Crippen molar-refractivity contribution in [1.82, 2.24) is 15.0 Å². The van der Waals surface area contributed by atoms with Crippen molar-refractivity contribution in [1.29, 1.82) is 0 Å². The second-order valence-corrected chi connectivity index (χ2v) is 3.58. The molecule has 0 saturated carbocycles. The van der Waals surface area contributed by atoms with Crippen LogP contribution in [0.2, 0.25) is 0 Å². The highest BCUT2D eigenvalue weighted by molar-refractivity contribution is 7.07. The Bertz CT molecular complexity index is 512. The van der Waals surface area contributed by atoms with Crippen molar-refractivity contribution in [3.63, 3.8) is 0 Å². The summed E-state index contributed by atoms with van der Waals surface area (Å²) in [4.78, 5) is 23.3. The van der Waals surface area contributed by atoms with Crippen molar-refractivity contribution in [3.8, 4) is 11.5 Å². The highest BCUT2D eigenvalue weighted by Crippen LogP contribution is 2.17. The fourth-order valence-electron chi connectivity index (χ4n) is 1.11. The minimum absolute atomic E-state index is 0.0878. The predicted molar refractivity (Wildman–Crippen MR) is 58.9 cm³/mol. The number of rotatable bonds is 2. The number of carbonyl (C=O) groups excluding carboxylic acids is 1. The number of nitrogens with two attached hydrogens (primary N) is 1. The SMILES string of the molecule is COC(=O)c1cnc(-c2cscn2)nc1N. The lowest BCUT2D eigenvalue weighted by atomic mass is 10.3. The van der Waals surface area contributed by atoms with Crippen LogP contribution in [-0.2, 0) is 4.74 Å². The topological polar surface area (TPSA) is 91.0 Å². The van der Waals surface area contributed by atoms with Gasteiger partial charge in [0, 0.05) is 11.6 Å². The van der Waals surface area contributed by atoms with Gasteiger partial charge in [0.2, 0.25) is 0 Å². The summed E-state index contributed by atoms with van der Waals surface area (Å²) in [6, 6.07) is 0. The summed E-state index contributed by atoms with van der Waals surface area (Å²) in [5.41, 5.74) is 8.08. The lowest BCUT2D eigenvalue weighted by Crippen LogP contribution is -2.09. The zero-order valence-corrected chi connectivity index (χ0v) is 9.19. The maximum absolute atomic E-state index is 11.2. The van der Waals surface area contributed by atoms with Gasteiger partial charge in [-0.25, -0.2) is 19.7 Å². The lowest BCUT2D eigenvalue weighted by Gasteiger charge is -2.03. The highest BCUT2D eigenvalue weighted by Gasteiger charge is 2.13. The van der Waals surface area contributed by atoms with Crippen LogP contribution in [0.3, 0.4) is 0 Å². The van der Waals surface area contributed by atoms with Crippen LogP contribution in [0.25, 0.3) is 11.5 Å². The molecule has 0 unspecified atom stereocenters. The van der Waals surface area contributed by atoms with E-state index in [9.17, 15) is 4.79 Å². The molecule has 0 aliphatic heterocycles. The molecule has 0 aliphatic carbocycles. The summed E-state index contributed by atoms with van der Waals surface area (Å²) in [6.45, 7) is 0. The van der Waals surface area contributed by atoms with E-state index >= 15 is 0 Å². The summed E-state index contributed by atoms with van der Waals surface area (Å²) >= 11 is 1.43. The summed E-state index contributed by atoms with van der Waals surface area (Å²) in [7, 11) is 1.27. The maximum Gasteiger partial charge on any atom is 0.343 e. The largest absolute Gasteiger partial charge is 0.465 e. The number of hydrogen-bond acceptors (Lipinski definition) is 7. The van der Waals surface area contributed by atoms with Crippen molar-refractivity contribution >= 4 is 23.1 Å². The first-order chi connectivity index (χ1) is 7.72. The molecule has 0 fully saturated rings. The molecule has 0 saturated heterocycles. The van der Waals surface area contributed by atoms with Gasteiger partial charge in [0.25, 0.3) is 0 Å². The molecule has 7 heteroatoms. The van der Waals surface area contributed by atoms with Gasteiger partial charge in [-0.3, -0.25) is 0 Å². The van der Waals surface area contributed by atoms with Crippen molar-refractivity contribution < 1.29 is 9.53 Å². The zero-order chi connectivity index (χ0) is 11.5. The maximum atomic E-state index is 11.2. The molecule has 2 heterocycles. The third-order valence-corrected chi connectivity index (χ3v) is 2.47. The van der Waals surface area contributed by atoms with E-state index in [-0.39, 0.29) is 11.4 Å². The summed E-state index contributed by atoms with van der Waals surface area (Å²) in [5.74, 6) is -0.0708. The Morgan fingerprint density at radius 3 is 2.88 bits per heavy atom. The number of thiazole rings is 1. The Morgan fingerprint density at radius 1 is 1.50 bits per heavy atom. The van der Waals surface area contributed by atoms with E-state index < -0.39 is 5.97 Å². The third-order valence-electron chi connectivity index (χ3n) is 1.88. The Balaban J connectivity index is 2.41. The van der Waals surface area contributed by atoms with Crippen LogP contribution < -0.4 is 5.73 Å². The minimum Gasteiger partial charge on any atom is -0.465 e. The van der Waals surface area contributed by atoms with E-state index in [0.29, 0.717) is 11.5 Å². The highest BCUT2D eigenvalue weighted by atomic mass is 32.1. The number of ether oxygens (including phenoxy) is 1. The molecule has 2 N–H and O–H groups in total. The van der Waals surface area contributed by atoms with Crippen LogP contribution in [0.15, 0.2) is 17.1 Å². The van der Waals surface area contributed by atoms with Gasteiger partial charge in [0.1, 0.15) is 17.1 Å². The number of esters is 1. The van der Waals surface area contributed by atoms with Gasteiger partial charge in [0.05, 0.1) is 12.6 Å². The number of nitrogen functional groups attached to an aromatic ring is 1. The second-order valence-electron chi connectivity index (χ2n) is 2.86. The molecular formula is C9H8N4O2S. The van der Waals surface area contributed by atoms with Crippen LogP contribution in [0.5, 0.6) is 0 Å². The lowest BCUT2D eigenvalue weighted by molar-refractivity contribution is 0.0601. The Hall–Kier alpha value is -2.02. The first kappa shape index (κ1) is 10.5. The van der Waals surface area contributed by atoms with E-state index in [1.165, 1.54) is 24.6 Å². The number of nitrogens with zero attached hydrogens (tertiary/aromatic N) is 3. The summed E-state index contributed by atoms with van der Waals surface area (Å²) in [5, 5.41) is 1.80. The Kier molecular flexibility index (Phi) is 2.78. The molecule has 2 aromatic heterocycles. The van der Waals surface area contributed by atoms with Gasteiger partial charge in [-0.1, -0.05) is 0 Å². The molecule has 0 atom stereocenters. The van der Waals surface area contributed by atoms with E-state index in [2.05, 4.69) is 19.7 Å². The average molecular weight is 236 g/mol. The van der Waals surface area contributed by atoms with Crippen molar-refractivity contribution in [2.75, 3.05) is 12.8 Å². The van der Waals surface area contributed by atoms with Crippen molar-refractivity contribution in [3.05, 3.63) is 22.7 Å². The first-order valence-electron chi connectivity index (χ1n) is 4.31. The monoisotopic (exact) mass is 236 g/mol. The molecule has 0 aliphatic rings. The third kappa shape index (κ3) is 1.84. The normalized spacial score (nSPS) is 10.1. The van der Waals surface area contributed by atoms with Gasteiger partial charge in [-0.05, 0) is 0 Å². The molecule has 2 rings (SSSR count). The standard InChI is InChI=1S/C9H8N4O2S/c1-15-9(14)5-2-11-8(13-7(5)10)6-3-16-4-12-6/h2-4H,1H3,(H2,10,11,13). The van der Waals surface area contributed by atoms with Crippen LogP contribution in [0.1, 0.15) is 10.4 Å². The number of anilines is 1. The molecule has 82 valence electrons. The van der Waals surface area contributed by atoms with E-state index in [1.54, 1.807) is 10.9 Å². The van der Waals surface area contributed by atoms with Gasteiger partial charge >= 0.3 is 5.97 Å². The molecule has 0 amide bonds. The van der Waals surface area contributed by atoms with Gasteiger partial charge < -0.3 is 10.5 Å². The fourth-order valence-corrected chi connectivity index (χ4v) is 1.64. The molecule has 0 bridgehead atoms. The zero-order valence-electron chi connectivity index (χ0n) is 8.38. The van der Waals surface area contributed by atoms with Crippen LogP contribution in [-0.4, -0.2) is 28.0 Å². The van der Waals surface area contributed by atoms with Gasteiger partial charge in [-0.15, -0.1) is 11.3 Å². The Labute approximate surface area is 95.1 Å². The fraction of sp³-hybridized carbons (Fsp3) is 0.111. The Morgan fingerprint density at radius 2 is 2.31 bits per heavy atom. The summed E-state index contributed by atoms with van der Waals surface area (Å²) < 4.78 is 4.54. The van der Waals surface area contributed by atoms with Gasteiger partial charge in [0.15, 0.2) is 5.82 Å². The number of carbonyl (C=O) groups is 1. The molecule has 0 spiro atoms. The van der Waals surface area contributed by atoms with Crippen molar-refractivity contribution in [2.24, 2.45) is 0 Å².